The quantitative estimate of drug-likeness (QED) is 0.846. The minimum Gasteiger partial charge on any atom is -0.368 e. The SMILES string of the molecule is Nc1nc(Cl)cc(Sc2cc(Cl)ccc2Cl)n1. The Labute approximate surface area is 117 Å². The van der Waals surface area contributed by atoms with E-state index in [1.54, 1.807) is 24.3 Å². The van der Waals surface area contributed by atoms with Crippen molar-refractivity contribution in [2.75, 3.05) is 5.73 Å². The number of benzene rings is 1. The molecular formula is C10H6Cl3N3S. The average Bonchev–Trinajstić information content (AvgIpc) is 2.22. The molecule has 88 valence electrons. The van der Waals surface area contributed by atoms with E-state index in [1.807, 2.05) is 0 Å². The van der Waals surface area contributed by atoms with Crippen LogP contribution in [-0.2, 0) is 0 Å². The Bertz CT molecular complexity index is 542. The van der Waals surface area contributed by atoms with Crippen LogP contribution in [0.4, 0.5) is 5.95 Å². The van der Waals surface area contributed by atoms with E-state index < -0.39 is 0 Å². The molecule has 3 nitrogen and oxygen atoms in total. The lowest BCUT2D eigenvalue weighted by molar-refractivity contribution is 1.06. The molecule has 0 amide bonds. The van der Waals surface area contributed by atoms with Crippen LogP contribution in [0.1, 0.15) is 0 Å². The topological polar surface area (TPSA) is 51.8 Å². The minimum absolute atomic E-state index is 0.123. The standard InChI is InChI=1S/C10H6Cl3N3S/c11-5-1-2-6(12)7(3-5)17-9-4-8(13)15-10(14)16-9/h1-4H,(H2,14,15,16). The summed E-state index contributed by atoms with van der Waals surface area (Å²) in [5, 5.41) is 2.10. The van der Waals surface area contributed by atoms with Gasteiger partial charge in [0.25, 0.3) is 0 Å². The van der Waals surface area contributed by atoms with Crippen molar-refractivity contribution < 1.29 is 0 Å². The molecular weight excluding hydrogens is 301 g/mol. The lowest BCUT2D eigenvalue weighted by Crippen LogP contribution is -1.95. The van der Waals surface area contributed by atoms with Crippen molar-refractivity contribution in [2.24, 2.45) is 0 Å². The lowest BCUT2D eigenvalue weighted by atomic mass is 10.4. The van der Waals surface area contributed by atoms with Gasteiger partial charge in [-0.25, -0.2) is 9.97 Å². The normalized spacial score (nSPS) is 10.5. The zero-order chi connectivity index (χ0) is 12.4. The van der Waals surface area contributed by atoms with Gasteiger partial charge in [-0.3, -0.25) is 0 Å². The Balaban J connectivity index is 2.34. The summed E-state index contributed by atoms with van der Waals surface area (Å²) in [7, 11) is 0. The van der Waals surface area contributed by atoms with Crippen LogP contribution in [0.25, 0.3) is 0 Å². The van der Waals surface area contributed by atoms with E-state index in [-0.39, 0.29) is 11.1 Å². The van der Waals surface area contributed by atoms with E-state index in [9.17, 15) is 0 Å². The van der Waals surface area contributed by atoms with Crippen LogP contribution in [0, 0.1) is 0 Å². The fourth-order valence-corrected chi connectivity index (χ4v) is 2.75. The zero-order valence-corrected chi connectivity index (χ0v) is 11.4. The smallest absolute Gasteiger partial charge is 0.222 e. The van der Waals surface area contributed by atoms with Crippen molar-refractivity contribution in [2.45, 2.75) is 9.92 Å². The van der Waals surface area contributed by atoms with Crippen molar-refractivity contribution in [3.8, 4) is 0 Å². The summed E-state index contributed by atoms with van der Waals surface area (Å²) in [4.78, 5) is 8.60. The van der Waals surface area contributed by atoms with Crippen molar-refractivity contribution in [1.82, 2.24) is 9.97 Å². The van der Waals surface area contributed by atoms with Crippen LogP contribution in [0.5, 0.6) is 0 Å². The first-order valence-electron chi connectivity index (χ1n) is 4.47. The monoisotopic (exact) mass is 305 g/mol. The molecule has 0 aliphatic heterocycles. The fraction of sp³-hybridized carbons (Fsp3) is 0. The van der Waals surface area contributed by atoms with Crippen molar-refractivity contribution in [1.29, 1.82) is 0 Å². The third-order valence-corrected chi connectivity index (χ3v) is 3.64. The van der Waals surface area contributed by atoms with Gasteiger partial charge in [0.05, 0.1) is 5.02 Å². The second kappa shape index (κ2) is 5.31. The Hall–Kier alpha value is -0.680. The third-order valence-electron chi connectivity index (χ3n) is 1.80. The second-order valence-electron chi connectivity index (χ2n) is 3.06. The zero-order valence-electron chi connectivity index (χ0n) is 8.32. The summed E-state index contributed by atoms with van der Waals surface area (Å²) >= 11 is 19.0. The first-order valence-corrected chi connectivity index (χ1v) is 6.42. The van der Waals surface area contributed by atoms with E-state index in [0.29, 0.717) is 15.1 Å². The summed E-state index contributed by atoms with van der Waals surface area (Å²) in [5.41, 5.74) is 5.50. The summed E-state index contributed by atoms with van der Waals surface area (Å²) in [5.74, 6) is 0.123. The van der Waals surface area contributed by atoms with Gasteiger partial charge in [-0.1, -0.05) is 46.6 Å². The first kappa shape index (κ1) is 12.8. The summed E-state index contributed by atoms with van der Waals surface area (Å²) in [6, 6.07) is 6.80. The van der Waals surface area contributed by atoms with Crippen LogP contribution in [0.2, 0.25) is 15.2 Å². The molecule has 2 rings (SSSR count). The maximum absolute atomic E-state index is 6.04. The van der Waals surface area contributed by atoms with Crippen LogP contribution in [0.15, 0.2) is 34.2 Å². The number of nitrogens with two attached hydrogens (primary N) is 1. The van der Waals surface area contributed by atoms with Crippen LogP contribution in [0.3, 0.4) is 0 Å². The highest BCUT2D eigenvalue weighted by molar-refractivity contribution is 7.99. The maximum atomic E-state index is 6.04. The van der Waals surface area contributed by atoms with Crippen LogP contribution >= 0.6 is 46.6 Å². The molecule has 0 aliphatic carbocycles. The summed E-state index contributed by atoms with van der Waals surface area (Å²) < 4.78 is 0. The summed E-state index contributed by atoms with van der Waals surface area (Å²) in [6.45, 7) is 0. The molecule has 0 fully saturated rings. The van der Waals surface area contributed by atoms with Gasteiger partial charge >= 0.3 is 0 Å². The van der Waals surface area contributed by atoms with Crippen LogP contribution < -0.4 is 5.73 Å². The molecule has 1 aromatic carbocycles. The minimum atomic E-state index is 0.123. The van der Waals surface area contributed by atoms with Gasteiger partial charge in [0.2, 0.25) is 5.95 Å². The van der Waals surface area contributed by atoms with Crippen molar-refractivity contribution >= 4 is 52.5 Å². The predicted molar refractivity (Wildman–Crippen MR) is 72.0 cm³/mol. The molecule has 2 N–H and O–H groups in total. The lowest BCUT2D eigenvalue weighted by Gasteiger charge is -2.04. The number of hydrogen-bond acceptors (Lipinski definition) is 4. The highest BCUT2D eigenvalue weighted by Crippen LogP contribution is 2.34. The van der Waals surface area contributed by atoms with Crippen LogP contribution in [-0.4, -0.2) is 9.97 Å². The molecule has 2 aromatic rings. The molecule has 1 heterocycles. The molecule has 0 unspecified atom stereocenters. The number of nitrogens with zero attached hydrogens (tertiary/aromatic N) is 2. The van der Waals surface area contributed by atoms with Gasteiger partial charge < -0.3 is 5.73 Å². The molecule has 17 heavy (non-hydrogen) atoms. The Morgan fingerprint density at radius 2 is 1.82 bits per heavy atom. The van der Waals surface area contributed by atoms with E-state index in [2.05, 4.69) is 9.97 Å². The molecule has 0 spiro atoms. The van der Waals surface area contributed by atoms with E-state index in [4.69, 9.17) is 40.5 Å². The number of anilines is 1. The number of nitrogen functional groups attached to an aromatic ring is 1. The van der Waals surface area contributed by atoms with Gasteiger partial charge in [-0.2, -0.15) is 0 Å². The molecule has 0 bridgehead atoms. The average molecular weight is 307 g/mol. The molecule has 0 aliphatic rings. The Morgan fingerprint density at radius 1 is 1.06 bits per heavy atom. The van der Waals surface area contributed by atoms with E-state index >= 15 is 0 Å². The van der Waals surface area contributed by atoms with Gasteiger partial charge in [0.1, 0.15) is 10.2 Å². The first-order chi connectivity index (χ1) is 8.04. The number of halogens is 3. The van der Waals surface area contributed by atoms with Gasteiger partial charge in [-0.05, 0) is 18.2 Å². The number of aromatic nitrogens is 2. The van der Waals surface area contributed by atoms with Gasteiger partial charge in [-0.15, -0.1) is 0 Å². The predicted octanol–water partition coefficient (Wildman–Crippen LogP) is 4.17. The van der Waals surface area contributed by atoms with Crippen molar-refractivity contribution in [3.63, 3.8) is 0 Å². The van der Waals surface area contributed by atoms with E-state index in [1.165, 1.54) is 11.8 Å². The van der Waals surface area contributed by atoms with Crippen molar-refractivity contribution in [3.05, 3.63) is 39.5 Å². The third kappa shape index (κ3) is 3.39. The highest BCUT2D eigenvalue weighted by Gasteiger charge is 2.07. The molecule has 0 atom stereocenters. The maximum Gasteiger partial charge on any atom is 0.222 e. The number of rotatable bonds is 2. The van der Waals surface area contributed by atoms with Gasteiger partial charge in [0.15, 0.2) is 0 Å². The van der Waals surface area contributed by atoms with E-state index in [0.717, 1.165) is 4.90 Å². The number of hydrogen-bond donors (Lipinski definition) is 1. The largest absolute Gasteiger partial charge is 0.368 e. The second-order valence-corrected chi connectivity index (χ2v) is 5.36. The molecule has 7 heteroatoms. The Kier molecular flexibility index (Phi) is 3.99. The molecule has 0 saturated heterocycles. The summed E-state index contributed by atoms with van der Waals surface area (Å²) in [6.07, 6.45) is 0. The molecule has 0 radical (unpaired) electrons. The highest BCUT2D eigenvalue weighted by atomic mass is 35.5. The Morgan fingerprint density at radius 3 is 2.53 bits per heavy atom. The molecule has 1 aromatic heterocycles. The van der Waals surface area contributed by atoms with Gasteiger partial charge in [0, 0.05) is 16.0 Å². The fourth-order valence-electron chi connectivity index (χ4n) is 1.13. The molecule has 0 saturated carbocycles.